The molecule has 0 aliphatic carbocycles. The fourth-order valence-corrected chi connectivity index (χ4v) is 1.11. The largest absolute Gasteiger partial charge is 0.484 e. The molecule has 0 radical (unpaired) electrons. The summed E-state index contributed by atoms with van der Waals surface area (Å²) in [5.74, 6) is -0.241. The van der Waals surface area contributed by atoms with Gasteiger partial charge in [-0.15, -0.1) is 0 Å². The molecule has 0 amide bonds. The van der Waals surface area contributed by atoms with E-state index in [0.717, 1.165) is 5.56 Å². The number of thiocarbonyl (C=S) groups is 1. The highest BCUT2D eigenvalue weighted by Crippen LogP contribution is 2.04. The van der Waals surface area contributed by atoms with Gasteiger partial charge in [0.05, 0.1) is 6.61 Å². The van der Waals surface area contributed by atoms with Crippen LogP contribution in [0, 0.1) is 5.82 Å². The van der Waals surface area contributed by atoms with E-state index in [2.05, 4.69) is 0 Å². The number of benzene rings is 1. The first-order chi connectivity index (χ1) is 6.72. The van der Waals surface area contributed by atoms with Crippen molar-refractivity contribution in [3.63, 3.8) is 0 Å². The van der Waals surface area contributed by atoms with E-state index in [0.29, 0.717) is 11.7 Å². The Kier molecular flexibility index (Phi) is 4.26. The summed E-state index contributed by atoms with van der Waals surface area (Å²) in [7, 11) is 0. The third kappa shape index (κ3) is 3.66. The first-order valence-corrected chi connectivity index (χ1v) is 4.73. The van der Waals surface area contributed by atoms with E-state index >= 15 is 0 Å². The van der Waals surface area contributed by atoms with E-state index in [-0.39, 0.29) is 5.82 Å². The van der Waals surface area contributed by atoms with E-state index in [1.807, 2.05) is 6.92 Å². The van der Waals surface area contributed by atoms with Crippen LogP contribution < -0.4 is 0 Å². The molecule has 74 valence electrons. The number of rotatable bonds is 3. The van der Waals surface area contributed by atoms with Gasteiger partial charge in [-0.25, -0.2) is 4.39 Å². The summed E-state index contributed by atoms with van der Waals surface area (Å²) < 4.78 is 17.6. The topological polar surface area (TPSA) is 9.23 Å². The lowest BCUT2D eigenvalue weighted by molar-refractivity contribution is 0.339. The highest BCUT2D eigenvalue weighted by molar-refractivity contribution is 7.80. The van der Waals surface area contributed by atoms with E-state index in [1.54, 1.807) is 24.3 Å². The molecule has 1 aromatic rings. The van der Waals surface area contributed by atoms with Crippen molar-refractivity contribution in [3.8, 4) is 0 Å². The second kappa shape index (κ2) is 5.50. The van der Waals surface area contributed by atoms with E-state index < -0.39 is 0 Å². The molecule has 0 N–H and O–H groups in total. The summed E-state index contributed by atoms with van der Waals surface area (Å²) >= 11 is 4.89. The fraction of sp³-hybridized carbons (Fsp3) is 0.182. The van der Waals surface area contributed by atoms with Gasteiger partial charge in [0.25, 0.3) is 0 Å². The van der Waals surface area contributed by atoms with Crippen molar-refractivity contribution in [2.24, 2.45) is 0 Å². The van der Waals surface area contributed by atoms with Gasteiger partial charge in [0.15, 0.2) is 5.05 Å². The third-order valence-electron chi connectivity index (χ3n) is 1.57. The molecule has 0 saturated carbocycles. The van der Waals surface area contributed by atoms with Crippen molar-refractivity contribution < 1.29 is 9.13 Å². The second-order valence-corrected chi connectivity index (χ2v) is 3.04. The standard InChI is InChI=1S/C11H11FOS/c1-2-13-11(14)8-5-9-3-6-10(12)7-4-9/h3-8H,2H2,1H3. The molecule has 0 unspecified atom stereocenters. The molecule has 1 aromatic carbocycles. The minimum atomic E-state index is -0.241. The summed E-state index contributed by atoms with van der Waals surface area (Å²) in [6.07, 6.45) is 3.48. The van der Waals surface area contributed by atoms with Crippen LogP contribution in [0.25, 0.3) is 6.08 Å². The smallest absolute Gasteiger partial charge is 0.183 e. The predicted octanol–water partition coefficient (Wildman–Crippen LogP) is 3.20. The quantitative estimate of drug-likeness (QED) is 0.559. The van der Waals surface area contributed by atoms with Gasteiger partial charge in [-0.05, 0) is 42.9 Å². The first kappa shape index (κ1) is 10.9. The maximum Gasteiger partial charge on any atom is 0.183 e. The SMILES string of the molecule is CCOC(=S)C=Cc1ccc(F)cc1. The molecule has 14 heavy (non-hydrogen) atoms. The Labute approximate surface area is 88.2 Å². The molecule has 0 aliphatic rings. The van der Waals surface area contributed by atoms with E-state index in [1.165, 1.54) is 12.1 Å². The zero-order chi connectivity index (χ0) is 10.4. The van der Waals surface area contributed by atoms with Gasteiger partial charge in [0, 0.05) is 0 Å². The van der Waals surface area contributed by atoms with Gasteiger partial charge >= 0.3 is 0 Å². The molecule has 0 aromatic heterocycles. The molecule has 1 rings (SSSR count). The molecular formula is C11H11FOS. The molecule has 0 bridgehead atoms. The van der Waals surface area contributed by atoms with Gasteiger partial charge in [0.2, 0.25) is 0 Å². The Balaban J connectivity index is 2.60. The van der Waals surface area contributed by atoms with Crippen molar-refractivity contribution >= 4 is 23.3 Å². The highest BCUT2D eigenvalue weighted by atomic mass is 32.1. The van der Waals surface area contributed by atoms with E-state index in [9.17, 15) is 4.39 Å². The van der Waals surface area contributed by atoms with Crippen LogP contribution >= 0.6 is 12.2 Å². The zero-order valence-electron chi connectivity index (χ0n) is 7.87. The Morgan fingerprint density at radius 2 is 2.07 bits per heavy atom. The summed E-state index contributed by atoms with van der Waals surface area (Å²) in [5, 5.41) is 0.442. The molecule has 3 heteroatoms. The van der Waals surface area contributed by atoms with Crippen molar-refractivity contribution in [2.75, 3.05) is 6.61 Å². The Morgan fingerprint density at radius 3 is 2.64 bits per heavy atom. The minimum Gasteiger partial charge on any atom is -0.484 e. The van der Waals surface area contributed by atoms with E-state index in [4.69, 9.17) is 17.0 Å². The monoisotopic (exact) mass is 210 g/mol. The lowest BCUT2D eigenvalue weighted by Gasteiger charge is -1.98. The van der Waals surface area contributed by atoms with Gasteiger partial charge in [0.1, 0.15) is 5.82 Å². The Hall–Kier alpha value is -1.22. The lowest BCUT2D eigenvalue weighted by atomic mass is 10.2. The molecule has 0 heterocycles. The maximum absolute atomic E-state index is 12.5. The number of halogens is 1. The van der Waals surface area contributed by atoms with Crippen LogP contribution in [0.2, 0.25) is 0 Å². The van der Waals surface area contributed by atoms with Crippen LogP contribution in [0.1, 0.15) is 12.5 Å². The Morgan fingerprint density at radius 1 is 1.43 bits per heavy atom. The second-order valence-electron chi connectivity index (χ2n) is 2.64. The number of hydrogen-bond donors (Lipinski definition) is 0. The molecule has 1 nitrogen and oxygen atoms in total. The van der Waals surface area contributed by atoms with Crippen molar-refractivity contribution in [3.05, 3.63) is 41.7 Å². The summed E-state index contributed by atoms with van der Waals surface area (Å²) in [6, 6.07) is 6.17. The lowest BCUT2D eigenvalue weighted by Crippen LogP contribution is -1.95. The molecule has 0 spiro atoms. The zero-order valence-corrected chi connectivity index (χ0v) is 8.68. The predicted molar refractivity (Wildman–Crippen MR) is 59.7 cm³/mol. The van der Waals surface area contributed by atoms with Gasteiger partial charge in [-0.1, -0.05) is 18.2 Å². The number of hydrogen-bond acceptors (Lipinski definition) is 2. The van der Waals surface area contributed by atoms with Crippen molar-refractivity contribution in [2.45, 2.75) is 6.92 Å². The van der Waals surface area contributed by atoms with Crippen LogP contribution in [0.3, 0.4) is 0 Å². The summed E-state index contributed by atoms with van der Waals surface area (Å²) in [5.41, 5.74) is 0.897. The van der Waals surface area contributed by atoms with Crippen LogP contribution in [-0.2, 0) is 4.74 Å². The molecule has 0 fully saturated rings. The number of ether oxygens (including phenoxy) is 1. The minimum absolute atomic E-state index is 0.241. The fourth-order valence-electron chi connectivity index (χ4n) is 0.929. The maximum atomic E-state index is 12.5. The van der Waals surface area contributed by atoms with Crippen molar-refractivity contribution in [1.82, 2.24) is 0 Å². The third-order valence-corrected chi connectivity index (χ3v) is 1.82. The van der Waals surface area contributed by atoms with Crippen LogP contribution in [0.5, 0.6) is 0 Å². The van der Waals surface area contributed by atoms with Crippen LogP contribution in [0.4, 0.5) is 4.39 Å². The van der Waals surface area contributed by atoms with Gasteiger partial charge in [-0.2, -0.15) is 0 Å². The molecule has 0 aliphatic heterocycles. The summed E-state index contributed by atoms with van der Waals surface area (Å²) in [6.45, 7) is 2.44. The van der Waals surface area contributed by atoms with Gasteiger partial charge in [-0.3, -0.25) is 0 Å². The first-order valence-electron chi connectivity index (χ1n) is 4.33. The Bertz CT molecular complexity index is 330. The molecule has 0 atom stereocenters. The van der Waals surface area contributed by atoms with Crippen LogP contribution in [-0.4, -0.2) is 11.7 Å². The normalized spacial score (nSPS) is 10.4. The summed E-state index contributed by atoms with van der Waals surface area (Å²) in [4.78, 5) is 0. The molecular weight excluding hydrogens is 199 g/mol. The van der Waals surface area contributed by atoms with Crippen molar-refractivity contribution in [1.29, 1.82) is 0 Å². The van der Waals surface area contributed by atoms with Crippen LogP contribution in [0.15, 0.2) is 30.3 Å². The van der Waals surface area contributed by atoms with Gasteiger partial charge < -0.3 is 4.74 Å². The molecule has 0 saturated heterocycles. The highest BCUT2D eigenvalue weighted by Gasteiger charge is 1.91. The average Bonchev–Trinajstić information content (AvgIpc) is 2.17. The average molecular weight is 210 g/mol.